The van der Waals surface area contributed by atoms with Crippen LogP contribution in [0.4, 0.5) is 15.6 Å². The van der Waals surface area contributed by atoms with Crippen molar-refractivity contribution in [3.8, 4) is 0 Å². The lowest BCUT2D eigenvalue weighted by atomic mass is 9.94. The number of fused-ring (bicyclic) bond motifs is 2. The number of aromatic amines is 1. The summed E-state index contributed by atoms with van der Waals surface area (Å²) in [5.41, 5.74) is 3.48. The number of aromatic nitrogens is 2. The van der Waals surface area contributed by atoms with Crippen molar-refractivity contribution in [2.24, 2.45) is 0 Å². The summed E-state index contributed by atoms with van der Waals surface area (Å²) in [5.74, 6) is -0.0429. The van der Waals surface area contributed by atoms with Gasteiger partial charge in [0.1, 0.15) is 4.88 Å². The van der Waals surface area contributed by atoms with E-state index in [0.717, 1.165) is 52.4 Å². The van der Waals surface area contributed by atoms with Gasteiger partial charge in [-0.3, -0.25) is 9.69 Å². The largest absolute Gasteiger partial charge is 0.452 e. The molecule has 5 rings (SSSR count). The number of nitrogens with zero attached hydrogens (tertiary/aromatic N) is 3. The number of hydrogen-bond donors (Lipinski definition) is 2. The molecule has 1 fully saturated rings. The number of nitrogens with one attached hydrogen (secondary N) is 2. The van der Waals surface area contributed by atoms with Crippen LogP contribution in [-0.2, 0) is 22.3 Å². The van der Waals surface area contributed by atoms with Gasteiger partial charge in [0.15, 0.2) is 5.13 Å². The Hall–Kier alpha value is -3.11. The monoisotopic (exact) mass is 483 g/mol. The van der Waals surface area contributed by atoms with Crippen LogP contribution in [0.15, 0.2) is 24.4 Å². The summed E-state index contributed by atoms with van der Waals surface area (Å²) in [4.78, 5) is 37.3. The molecule has 9 nitrogen and oxygen atoms in total. The predicted molar refractivity (Wildman–Crippen MR) is 132 cm³/mol. The van der Waals surface area contributed by atoms with Crippen LogP contribution < -0.4 is 15.1 Å². The summed E-state index contributed by atoms with van der Waals surface area (Å²) >= 11 is 1.46. The smallest absolute Gasteiger partial charge is 0.413 e. The first-order valence-corrected chi connectivity index (χ1v) is 12.2. The average Bonchev–Trinajstić information content (AvgIpc) is 3.41. The molecule has 1 aromatic carbocycles. The Balaban J connectivity index is 1.43. The molecule has 0 radical (unpaired) electrons. The summed E-state index contributed by atoms with van der Waals surface area (Å²) in [6.45, 7) is 5.97. The number of H-pyrrole nitrogens is 1. The molecule has 34 heavy (non-hydrogen) atoms. The van der Waals surface area contributed by atoms with E-state index >= 15 is 0 Å². The zero-order valence-electron chi connectivity index (χ0n) is 19.8. The third-order valence-electron chi connectivity index (χ3n) is 6.47. The number of hydrogen-bond acceptors (Lipinski definition) is 7. The average molecular weight is 484 g/mol. The van der Waals surface area contributed by atoms with Gasteiger partial charge < -0.3 is 24.7 Å². The third kappa shape index (κ3) is 4.12. The highest BCUT2D eigenvalue weighted by atomic mass is 32.1. The highest BCUT2D eigenvalue weighted by Gasteiger charge is 2.35. The van der Waals surface area contributed by atoms with Crippen LogP contribution >= 0.6 is 11.3 Å². The Morgan fingerprint density at radius 3 is 3.03 bits per heavy atom. The summed E-state index contributed by atoms with van der Waals surface area (Å²) in [5, 5.41) is 5.00. The Labute approximate surface area is 202 Å². The molecular weight excluding hydrogens is 454 g/mol. The molecule has 0 aliphatic carbocycles. The Morgan fingerprint density at radius 1 is 1.41 bits per heavy atom. The van der Waals surface area contributed by atoms with E-state index < -0.39 is 6.09 Å². The number of thiazole rings is 1. The number of carbonyl (C=O) groups excluding carboxylic acids is 2. The number of morpholine rings is 1. The topological polar surface area (TPSA) is 99.8 Å². The van der Waals surface area contributed by atoms with E-state index in [0.29, 0.717) is 18.1 Å². The highest BCUT2D eigenvalue weighted by molar-refractivity contribution is 7.17. The van der Waals surface area contributed by atoms with E-state index in [1.165, 1.54) is 23.3 Å². The summed E-state index contributed by atoms with van der Waals surface area (Å²) < 4.78 is 10.7. The minimum absolute atomic E-state index is 0.0429. The van der Waals surface area contributed by atoms with Gasteiger partial charge >= 0.3 is 6.09 Å². The molecule has 10 heteroatoms. The number of ether oxygens (including phenoxy) is 2. The third-order valence-corrected chi connectivity index (χ3v) is 7.60. The molecule has 3 aromatic rings. The fraction of sp³-hybridized carbons (Fsp3) is 0.458. The van der Waals surface area contributed by atoms with Gasteiger partial charge in [0.05, 0.1) is 32.1 Å². The SMILES string of the molecule is COC(=O)N(C)c1ccc2[nH]cc(C[C@H]3COCCN3c3nc4c(s3)C(=O)NC(C)(C)C4)c2c1. The summed E-state index contributed by atoms with van der Waals surface area (Å²) in [6, 6.07) is 5.94. The lowest BCUT2D eigenvalue weighted by Gasteiger charge is -2.35. The van der Waals surface area contributed by atoms with Crippen molar-refractivity contribution in [3.05, 3.63) is 40.5 Å². The molecule has 0 bridgehead atoms. The van der Waals surface area contributed by atoms with Gasteiger partial charge in [-0.2, -0.15) is 0 Å². The molecule has 4 heterocycles. The van der Waals surface area contributed by atoms with Gasteiger partial charge in [-0.05, 0) is 44.0 Å². The predicted octanol–water partition coefficient (Wildman–Crippen LogP) is 3.34. The van der Waals surface area contributed by atoms with Crippen molar-refractivity contribution >= 4 is 45.1 Å². The minimum Gasteiger partial charge on any atom is -0.452 e. The number of carbonyl (C=O) groups is 2. The fourth-order valence-electron chi connectivity index (χ4n) is 4.70. The zero-order chi connectivity index (χ0) is 24.0. The standard InChI is InChI=1S/C24H29N5O4S/c1-24(2)11-19-20(21(30)27-24)34-22(26-19)29-7-8-33-13-16(29)9-14-12-25-18-6-5-15(10-17(14)18)28(3)23(31)32-4/h5-6,10,12,16,25H,7-9,11,13H2,1-4H3,(H,27,30)/t16-/m0/s1. The van der Waals surface area contributed by atoms with Crippen molar-refractivity contribution < 1.29 is 19.1 Å². The maximum absolute atomic E-state index is 12.6. The van der Waals surface area contributed by atoms with Gasteiger partial charge in [-0.15, -0.1) is 0 Å². The molecule has 0 spiro atoms. The Morgan fingerprint density at radius 2 is 2.24 bits per heavy atom. The van der Waals surface area contributed by atoms with Gasteiger partial charge in [0, 0.05) is 48.3 Å². The van der Waals surface area contributed by atoms with E-state index in [1.54, 1.807) is 7.05 Å². The van der Waals surface area contributed by atoms with Crippen LogP contribution in [0, 0.1) is 0 Å². The van der Waals surface area contributed by atoms with Crippen molar-refractivity contribution in [1.82, 2.24) is 15.3 Å². The number of anilines is 2. The van der Waals surface area contributed by atoms with E-state index in [1.807, 2.05) is 38.2 Å². The second kappa shape index (κ2) is 8.59. The maximum atomic E-state index is 12.6. The number of rotatable bonds is 4. The number of methoxy groups -OCH3 is 1. The molecule has 2 amide bonds. The first-order chi connectivity index (χ1) is 16.3. The minimum atomic E-state index is -0.414. The molecular formula is C24H29N5O4S. The van der Waals surface area contributed by atoms with Crippen LogP contribution in [0.25, 0.3) is 10.9 Å². The van der Waals surface area contributed by atoms with Crippen molar-refractivity contribution in [2.75, 3.05) is 43.7 Å². The summed E-state index contributed by atoms with van der Waals surface area (Å²) in [7, 11) is 3.07. The van der Waals surface area contributed by atoms with Crippen LogP contribution in [0.2, 0.25) is 0 Å². The summed E-state index contributed by atoms with van der Waals surface area (Å²) in [6.07, 6.45) is 3.07. The van der Waals surface area contributed by atoms with Crippen molar-refractivity contribution in [2.45, 2.75) is 38.3 Å². The van der Waals surface area contributed by atoms with Crippen LogP contribution in [0.3, 0.4) is 0 Å². The molecule has 2 aliphatic rings. The first kappa shape index (κ1) is 22.7. The Bertz CT molecular complexity index is 1250. The maximum Gasteiger partial charge on any atom is 0.413 e. The second-order valence-electron chi connectivity index (χ2n) is 9.49. The number of benzene rings is 1. The zero-order valence-corrected chi connectivity index (χ0v) is 20.6. The van der Waals surface area contributed by atoms with E-state index in [4.69, 9.17) is 14.5 Å². The van der Waals surface area contributed by atoms with Gasteiger partial charge in [0.2, 0.25) is 0 Å². The van der Waals surface area contributed by atoms with Crippen molar-refractivity contribution in [3.63, 3.8) is 0 Å². The van der Waals surface area contributed by atoms with Gasteiger partial charge in [0.25, 0.3) is 5.91 Å². The molecule has 1 saturated heterocycles. The molecule has 2 N–H and O–H groups in total. The van der Waals surface area contributed by atoms with E-state index in [9.17, 15) is 9.59 Å². The highest BCUT2D eigenvalue weighted by Crippen LogP contribution is 2.35. The lowest BCUT2D eigenvalue weighted by Crippen LogP contribution is -2.48. The molecule has 0 unspecified atom stereocenters. The molecule has 1 atom stereocenters. The second-order valence-corrected chi connectivity index (χ2v) is 10.5. The van der Waals surface area contributed by atoms with Gasteiger partial charge in [-0.1, -0.05) is 11.3 Å². The normalized spacial score (nSPS) is 19.6. The van der Waals surface area contributed by atoms with E-state index in [2.05, 4.69) is 15.2 Å². The van der Waals surface area contributed by atoms with E-state index in [-0.39, 0.29) is 17.5 Å². The first-order valence-electron chi connectivity index (χ1n) is 11.3. The Kier molecular flexibility index (Phi) is 5.73. The molecule has 0 saturated carbocycles. The van der Waals surface area contributed by atoms with Crippen LogP contribution in [0.1, 0.15) is 34.8 Å². The quantitative estimate of drug-likeness (QED) is 0.591. The fourth-order valence-corrected chi connectivity index (χ4v) is 5.78. The van der Waals surface area contributed by atoms with Gasteiger partial charge in [-0.25, -0.2) is 9.78 Å². The number of amides is 2. The molecule has 180 valence electrons. The molecule has 2 aliphatic heterocycles. The lowest BCUT2D eigenvalue weighted by molar-refractivity contribution is 0.0900. The van der Waals surface area contributed by atoms with Crippen LogP contribution in [-0.4, -0.2) is 67.5 Å². The van der Waals surface area contributed by atoms with Crippen LogP contribution in [0.5, 0.6) is 0 Å². The molecule has 2 aromatic heterocycles. The van der Waals surface area contributed by atoms with Crippen molar-refractivity contribution in [1.29, 1.82) is 0 Å².